The summed E-state index contributed by atoms with van der Waals surface area (Å²) in [4.78, 5) is 31.5. The lowest BCUT2D eigenvalue weighted by atomic mass is 9.95. The highest BCUT2D eigenvalue weighted by molar-refractivity contribution is 7.98. The first-order chi connectivity index (χ1) is 17.5. The molecular weight excluding hydrogens is 513 g/mol. The number of nitrogens with one attached hydrogen (secondary N) is 1. The van der Waals surface area contributed by atoms with E-state index >= 15 is 0 Å². The maximum atomic E-state index is 13.7. The summed E-state index contributed by atoms with van der Waals surface area (Å²) in [5.41, 5.74) is 2.55. The molecule has 0 aliphatic heterocycles. The van der Waals surface area contributed by atoms with Crippen molar-refractivity contribution in [2.45, 2.75) is 49.1 Å². The predicted molar refractivity (Wildman–Crippen MR) is 149 cm³/mol. The number of anilines is 1. The monoisotopic (exact) mass is 537 g/mol. The van der Waals surface area contributed by atoms with E-state index in [0.717, 1.165) is 31.2 Å². The zero-order valence-corrected chi connectivity index (χ0v) is 21.9. The average molecular weight is 539 g/mol. The molecule has 184 valence electrons. The highest BCUT2D eigenvalue weighted by atomic mass is 35.5. The van der Waals surface area contributed by atoms with E-state index in [1.165, 1.54) is 18.2 Å². The Hall–Kier alpha value is -2.80. The summed E-state index contributed by atoms with van der Waals surface area (Å²) in [6.45, 7) is 0. The maximum Gasteiger partial charge on any atom is 0.262 e. The third kappa shape index (κ3) is 5.61. The topological polar surface area (TPSA) is 64.0 Å². The molecule has 0 radical (unpaired) electrons. The molecule has 1 aliphatic rings. The van der Waals surface area contributed by atoms with Crippen molar-refractivity contribution in [3.05, 3.63) is 98.3 Å². The number of hydrogen-bond acceptors (Lipinski definition) is 4. The summed E-state index contributed by atoms with van der Waals surface area (Å²) in [6, 6.07) is 19.9. The number of amides is 1. The number of halogens is 2. The van der Waals surface area contributed by atoms with E-state index in [-0.39, 0.29) is 17.5 Å². The summed E-state index contributed by atoms with van der Waals surface area (Å²) in [6.07, 6.45) is 5.35. The summed E-state index contributed by atoms with van der Waals surface area (Å²) >= 11 is 13.7. The Morgan fingerprint density at radius 1 is 0.972 bits per heavy atom. The number of benzene rings is 3. The van der Waals surface area contributed by atoms with Gasteiger partial charge in [0.25, 0.3) is 11.5 Å². The minimum atomic E-state index is -0.287. The quantitative estimate of drug-likeness (QED) is 0.201. The first-order valence-electron chi connectivity index (χ1n) is 12.0. The van der Waals surface area contributed by atoms with E-state index in [9.17, 15) is 9.59 Å². The number of carbonyl (C=O) groups excluding carboxylic acids is 1. The molecule has 1 aromatic heterocycles. The Balaban J connectivity index is 1.51. The largest absolute Gasteiger partial charge is 0.322 e. The van der Waals surface area contributed by atoms with Crippen LogP contribution in [0.3, 0.4) is 0 Å². The molecule has 8 heteroatoms. The Morgan fingerprint density at radius 2 is 1.72 bits per heavy atom. The van der Waals surface area contributed by atoms with E-state index < -0.39 is 0 Å². The van der Waals surface area contributed by atoms with Gasteiger partial charge >= 0.3 is 0 Å². The molecule has 5 nitrogen and oxygen atoms in total. The normalized spacial score (nSPS) is 14.2. The van der Waals surface area contributed by atoms with Crippen molar-refractivity contribution < 1.29 is 4.79 Å². The van der Waals surface area contributed by atoms with Crippen molar-refractivity contribution in [2.24, 2.45) is 0 Å². The molecule has 0 saturated heterocycles. The SMILES string of the molecule is O=C(Nc1cccc(Cl)c1)c1ccc2c(=O)n(C3CCCCC3)c(SCc3cccc(Cl)c3)nc2c1. The van der Waals surface area contributed by atoms with Crippen LogP contribution in [0.4, 0.5) is 5.69 Å². The molecule has 0 bridgehead atoms. The van der Waals surface area contributed by atoms with Crippen molar-refractivity contribution in [1.29, 1.82) is 0 Å². The van der Waals surface area contributed by atoms with Crippen LogP contribution in [0, 0.1) is 0 Å². The fourth-order valence-corrected chi connectivity index (χ4v) is 6.04. The molecule has 3 aromatic carbocycles. The fraction of sp³-hybridized carbons (Fsp3) is 0.250. The van der Waals surface area contributed by atoms with Gasteiger partial charge in [-0.05, 0) is 66.9 Å². The number of rotatable bonds is 6. The van der Waals surface area contributed by atoms with Crippen molar-refractivity contribution in [3.8, 4) is 0 Å². The van der Waals surface area contributed by atoms with Gasteiger partial charge in [0.15, 0.2) is 5.16 Å². The number of hydrogen-bond donors (Lipinski definition) is 1. The van der Waals surface area contributed by atoms with Crippen LogP contribution >= 0.6 is 35.0 Å². The zero-order valence-electron chi connectivity index (χ0n) is 19.5. The van der Waals surface area contributed by atoms with Gasteiger partial charge in [-0.25, -0.2) is 4.98 Å². The second kappa shape index (κ2) is 11.1. The number of aromatic nitrogens is 2. The van der Waals surface area contributed by atoms with Gasteiger partial charge in [-0.2, -0.15) is 0 Å². The van der Waals surface area contributed by atoms with Gasteiger partial charge < -0.3 is 5.32 Å². The van der Waals surface area contributed by atoms with Crippen LogP contribution in [0.25, 0.3) is 10.9 Å². The molecule has 0 unspecified atom stereocenters. The number of carbonyl (C=O) groups is 1. The minimum absolute atomic E-state index is 0.0534. The second-order valence-electron chi connectivity index (χ2n) is 8.98. The van der Waals surface area contributed by atoms with E-state index in [1.54, 1.807) is 42.5 Å². The van der Waals surface area contributed by atoms with Crippen LogP contribution in [0.15, 0.2) is 76.7 Å². The van der Waals surface area contributed by atoms with Crippen molar-refractivity contribution in [3.63, 3.8) is 0 Å². The molecule has 36 heavy (non-hydrogen) atoms. The first-order valence-corrected chi connectivity index (χ1v) is 13.7. The Kier molecular flexibility index (Phi) is 7.65. The molecule has 0 spiro atoms. The van der Waals surface area contributed by atoms with Crippen molar-refractivity contribution in [1.82, 2.24) is 9.55 Å². The summed E-state index contributed by atoms with van der Waals surface area (Å²) < 4.78 is 1.88. The van der Waals surface area contributed by atoms with Crippen LogP contribution in [0.5, 0.6) is 0 Å². The molecule has 5 rings (SSSR count). The molecule has 1 amide bonds. The lowest BCUT2D eigenvalue weighted by Gasteiger charge is -2.26. The van der Waals surface area contributed by atoms with Gasteiger partial charge in [-0.1, -0.05) is 72.4 Å². The van der Waals surface area contributed by atoms with Crippen LogP contribution in [0.2, 0.25) is 10.0 Å². The van der Waals surface area contributed by atoms with Gasteiger partial charge in [0.1, 0.15) is 0 Å². The third-order valence-corrected chi connectivity index (χ3v) is 7.90. The molecular formula is C28H25Cl2N3O2S. The van der Waals surface area contributed by atoms with Crippen LogP contribution < -0.4 is 10.9 Å². The van der Waals surface area contributed by atoms with Crippen LogP contribution in [0.1, 0.15) is 54.1 Å². The Morgan fingerprint density at radius 3 is 2.47 bits per heavy atom. The minimum Gasteiger partial charge on any atom is -0.322 e. The molecule has 1 heterocycles. The van der Waals surface area contributed by atoms with Gasteiger partial charge in [0.05, 0.1) is 10.9 Å². The first kappa shape index (κ1) is 24.9. The number of fused-ring (bicyclic) bond motifs is 1. The lowest BCUT2D eigenvalue weighted by molar-refractivity contribution is 0.102. The van der Waals surface area contributed by atoms with Gasteiger partial charge in [0.2, 0.25) is 0 Å². The van der Waals surface area contributed by atoms with Gasteiger partial charge in [-0.15, -0.1) is 0 Å². The Bertz CT molecular complexity index is 1480. The molecule has 4 aromatic rings. The summed E-state index contributed by atoms with van der Waals surface area (Å²) in [5.74, 6) is 0.353. The van der Waals surface area contributed by atoms with E-state index in [1.807, 2.05) is 28.8 Å². The zero-order chi connectivity index (χ0) is 25.1. The number of thioether (sulfide) groups is 1. The third-order valence-electron chi connectivity index (χ3n) is 6.41. The molecule has 0 atom stereocenters. The van der Waals surface area contributed by atoms with Gasteiger partial charge in [0, 0.05) is 33.1 Å². The highest BCUT2D eigenvalue weighted by Crippen LogP contribution is 2.32. The molecule has 1 N–H and O–H groups in total. The van der Waals surface area contributed by atoms with E-state index in [4.69, 9.17) is 28.2 Å². The average Bonchev–Trinajstić information content (AvgIpc) is 2.88. The highest BCUT2D eigenvalue weighted by Gasteiger charge is 2.22. The molecule has 1 aliphatic carbocycles. The van der Waals surface area contributed by atoms with E-state index in [0.29, 0.717) is 43.1 Å². The van der Waals surface area contributed by atoms with Gasteiger partial charge in [-0.3, -0.25) is 14.2 Å². The van der Waals surface area contributed by atoms with Crippen molar-refractivity contribution in [2.75, 3.05) is 5.32 Å². The molecule has 1 fully saturated rings. The van der Waals surface area contributed by atoms with Crippen LogP contribution in [-0.2, 0) is 5.75 Å². The maximum absolute atomic E-state index is 13.7. The fourth-order valence-electron chi connectivity index (χ4n) is 4.63. The summed E-state index contributed by atoms with van der Waals surface area (Å²) in [5, 5.41) is 5.27. The molecule has 1 saturated carbocycles. The number of nitrogens with zero attached hydrogens (tertiary/aromatic N) is 2. The summed E-state index contributed by atoms with van der Waals surface area (Å²) in [7, 11) is 0. The van der Waals surface area contributed by atoms with Crippen LogP contribution in [-0.4, -0.2) is 15.5 Å². The predicted octanol–water partition coefficient (Wildman–Crippen LogP) is 7.75. The second-order valence-corrected chi connectivity index (χ2v) is 10.8. The van der Waals surface area contributed by atoms with E-state index in [2.05, 4.69) is 5.32 Å². The van der Waals surface area contributed by atoms with Crippen molar-refractivity contribution >= 4 is 57.5 Å². The lowest BCUT2D eigenvalue weighted by Crippen LogP contribution is -2.29. The standard InChI is InChI=1S/C28H25Cl2N3O2S/c29-20-7-4-6-18(14-20)17-36-28-32-25-15-19(26(34)31-22-9-5-8-21(30)16-22)12-13-24(25)27(35)33(28)23-10-2-1-3-11-23/h4-9,12-16,23H,1-3,10-11,17H2,(H,31,34). The Labute approximate surface area is 223 Å². The smallest absolute Gasteiger partial charge is 0.262 e.